The molecule has 1 saturated carbocycles. The number of anilines is 2. The lowest BCUT2D eigenvalue weighted by atomic mass is 10.1. The van der Waals surface area contributed by atoms with E-state index in [1.54, 1.807) is 11.6 Å². The topological polar surface area (TPSA) is 62.3 Å². The fraction of sp³-hybridized carbons (Fsp3) is 0.318. The third-order valence-corrected chi connectivity index (χ3v) is 6.59. The Bertz CT molecular complexity index is 1070. The molecule has 1 fully saturated rings. The molecule has 1 aliphatic heterocycles. The van der Waals surface area contributed by atoms with Gasteiger partial charge in [0.25, 0.3) is 5.91 Å². The molecule has 28 heavy (non-hydrogen) atoms. The molecule has 0 radical (unpaired) electrons. The van der Waals surface area contributed by atoms with E-state index in [1.165, 1.54) is 16.9 Å². The van der Waals surface area contributed by atoms with Crippen LogP contribution in [0.1, 0.15) is 41.6 Å². The molecule has 142 valence electrons. The van der Waals surface area contributed by atoms with E-state index in [4.69, 9.17) is 0 Å². The normalized spacial score (nSPS) is 16.5. The monoisotopic (exact) mass is 391 g/mol. The van der Waals surface area contributed by atoms with Gasteiger partial charge in [0.15, 0.2) is 0 Å². The van der Waals surface area contributed by atoms with Crippen LogP contribution in [0.4, 0.5) is 11.4 Å². The number of amides is 2. The van der Waals surface area contributed by atoms with Gasteiger partial charge in [-0.1, -0.05) is 18.9 Å². The van der Waals surface area contributed by atoms with Gasteiger partial charge in [-0.3, -0.25) is 9.59 Å². The number of nitrogens with one attached hydrogen (secondary N) is 1. The van der Waals surface area contributed by atoms with Gasteiger partial charge < -0.3 is 10.2 Å². The molecule has 0 unspecified atom stereocenters. The minimum absolute atomic E-state index is 0.151. The quantitative estimate of drug-likeness (QED) is 0.708. The first-order valence-electron chi connectivity index (χ1n) is 9.78. The average Bonchev–Trinajstić information content (AvgIpc) is 3.46. The van der Waals surface area contributed by atoms with Crippen LogP contribution in [0.2, 0.25) is 0 Å². The Balaban J connectivity index is 1.37. The number of aromatic nitrogens is 1. The first-order valence-corrected chi connectivity index (χ1v) is 10.7. The summed E-state index contributed by atoms with van der Waals surface area (Å²) < 4.78 is 0.995. The minimum Gasteiger partial charge on any atom is -0.322 e. The van der Waals surface area contributed by atoms with Crippen LogP contribution >= 0.6 is 11.3 Å². The van der Waals surface area contributed by atoms with Gasteiger partial charge in [0.2, 0.25) is 5.91 Å². The van der Waals surface area contributed by atoms with Crippen molar-refractivity contribution >= 4 is 44.7 Å². The van der Waals surface area contributed by atoms with Gasteiger partial charge in [-0.05, 0) is 55.2 Å². The van der Waals surface area contributed by atoms with E-state index in [1.807, 2.05) is 35.2 Å². The van der Waals surface area contributed by atoms with Crippen molar-refractivity contribution in [1.82, 2.24) is 4.98 Å². The number of carbonyl (C=O) groups excluding carboxylic acids is 2. The van der Waals surface area contributed by atoms with E-state index < -0.39 is 0 Å². The van der Waals surface area contributed by atoms with Crippen LogP contribution in [-0.4, -0.2) is 23.3 Å². The maximum Gasteiger partial charge on any atom is 0.255 e. The molecule has 3 aromatic rings. The summed E-state index contributed by atoms with van der Waals surface area (Å²) in [7, 11) is 0. The van der Waals surface area contributed by atoms with Gasteiger partial charge in [-0.25, -0.2) is 4.98 Å². The standard InChI is InChI=1S/C22H21N3O2S/c26-21(16-6-8-18-20(11-16)28-13-23-18)24-17-7-5-14-9-10-25(19(14)12-17)22(27)15-3-1-2-4-15/h5-8,11-13,15H,1-4,9-10H2,(H,24,26). The molecule has 2 heterocycles. The molecule has 2 aromatic carbocycles. The Labute approximate surface area is 167 Å². The largest absolute Gasteiger partial charge is 0.322 e. The Morgan fingerprint density at radius 2 is 1.96 bits per heavy atom. The zero-order chi connectivity index (χ0) is 19.1. The zero-order valence-electron chi connectivity index (χ0n) is 15.5. The van der Waals surface area contributed by atoms with Crippen molar-refractivity contribution in [2.24, 2.45) is 5.92 Å². The Kier molecular flexibility index (Phi) is 4.36. The average molecular weight is 391 g/mol. The summed E-state index contributed by atoms with van der Waals surface area (Å²) in [6.45, 7) is 0.740. The first kappa shape index (κ1) is 17.4. The van der Waals surface area contributed by atoms with Gasteiger partial charge in [-0.15, -0.1) is 11.3 Å². The number of fused-ring (bicyclic) bond motifs is 2. The van der Waals surface area contributed by atoms with Gasteiger partial charge in [0, 0.05) is 29.4 Å². The predicted octanol–water partition coefficient (Wildman–Crippen LogP) is 4.63. The van der Waals surface area contributed by atoms with E-state index in [-0.39, 0.29) is 17.7 Å². The molecule has 0 spiro atoms. The Hall–Kier alpha value is -2.73. The molecule has 2 amide bonds. The van der Waals surface area contributed by atoms with Gasteiger partial charge in [0.05, 0.1) is 15.7 Å². The summed E-state index contributed by atoms with van der Waals surface area (Å²) in [5.74, 6) is 0.257. The molecular weight excluding hydrogens is 370 g/mol. The summed E-state index contributed by atoms with van der Waals surface area (Å²) in [5, 5.41) is 2.98. The molecule has 6 heteroatoms. The van der Waals surface area contributed by atoms with E-state index >= 15 is 0 Å². The first-order chi connectivity index (χ1) is 13.7. The second-order valence-electron chi connectivity index (χ2n) is 7.55. The van der Waals surface area contributed by atoms with Crippen LogP contribution in [0, 0.1) is 5.92 Å². The van der Waals surface area contributed by atoms with Crippen molar-refractivity contribution in [1.29, 1.82) is 0 Å². The fourth-order valence-electron chi connectivity index (χ4n) is 4.28. The lowest BCUT2D eigenvalue weighted by Gasteiger charge is -2.21. The number of carbonyl (C=O) groups is 2. The zero-order valence-corrected chi connectivity index (χ0v) is 16.3. The number of benzene rings is 2. The molecule has 5 rings (SSSR count). The smallest absolute Gasteiger partial charge is 0.255 e. The third-order valence-electron chi connectivity index (χ3n) is 5.80. The van der Waals surface area contributed by atoms with Crippen LogP contribution in [-0.2, 0) is 11.2 Å². The molecule has 5 nitrogen and oxygen atoms in total. The van der Waals surface area contributed by atoms with Crippen molar-refractivity contribution in [3.8, 4) is 0 Å². The number of nitrogens with zero attached hydrogens (tertiary/aromatic N) is 2. The summed E-state index contributed by atoms with van der Waals surface area (Å²) >= 11 is 1.52. The van der Waals surface area contributed by atoms with Crippen molar-refractivity contribution in [3.63, 3.8) is 0 Å². The lowest BCUT2D eigenvalue weighted by Crippen LogP contribution is -2.33. The highest BCUT2D eigenvalue weighted by atomic mass is 32.1. The Morgan fingerprint density at radius 1 is 1.11 bits per heavy atom. The second-order valence-corrected chi connectivity index (χ2v) is 8.44. The molecule has 1 aliphatic carbocycles. The van der Waals surface area contributed by atoms with Crippen molar-refractivity contribution < 1.29 is 9.59 Å². The highest BCUT2D eigenvalue weighted by Crippen LogP contribution is 2.35. The summed E-state index contributed by atoms with van der Waals surface area (Å²) in [6, 6.07) is 11.4. The van der Waals surface area contributed by atoms with Crippen molar-refractivity contribution in [3.05, 3.63) is 53.0 Å². The van der Waals surface area contributed by atoms with Crippen LogP contribution in [0.15, 0.2) is 41.9 Å². The van der Waals surface area contributed by atoms with Crippen LogP contribution < -0.4 is 10.2 Å². The molecule has 2 aliphatic rings. The van der Waals surface area contributed by atoms with E-state index in [2.05, 4.69) is 10.3 Å². The van der Waals surface area contributed by atoms with Gasteiger partial charge in [-0.2, -0.15) is 0 Å². The number of thiazole rings is 1. The molecule has 1 N–H and O–H groups in total. The van der Waals surface area contributed by atoms with Crippen LogP contribution in [0.25, 0.3) is 10.2 Å². The van der Waals surface area contributed by atoms with Crippen LogP contribution in [0.3, 0.4) is 0 Å². The maximum absolute atomic E-state index is 12.9. The lowest BCUT2D eigenvalue weighted by molar-refractivity contribution is -0.122. The second kappa shape index (κ2) is 7.02. The van der Waals surface area contributed by atoms with Crippen molar-refractivity contribution in [2.45, 2.75) is 32.1 Å². The van der Waals surface area contributed by atoms with E-state index in [0.717, 1.165) is 60.2 Å². The fourth-order valence-corrected chi connectivity index (χ4v) is 4.99. The summed E-state index contributed by atoms with van der Waals surface area (Å²) in [4.78, 5) is 31.8. The third kappa shape index (κ3) is 3.07. The van der Waals surface area contributed by atoms with E-state index in [9.17, 15) is 9.59 Å². The predicted molar refractivity (Wildman–Crippen MR) is 112 cm³/mol. The number of rotatable bonds is 3. The highest BCUT2D eigenvalue weighted by molar-refractivity contribution is 7.16. The van der Waals surface area contributed by atoms with E-state index in [0.29, 0.717) is 5.56 Å². The van der Waals surface area contributed by atoms with Crippen molar-refractivity contribution in [2.75, 3.05) is 16.8 Å². The molecule has 1 aromatic heterocycles. The SMILES string of the molecule is O=C(Nc1ccc2c(c1)N(C(=O)C1CCCC1)CC2)c1ccc2ncsc2c1. The number of hydrogen-bond donors (Lipinski definition) is 1. The molecule has 0 bridgehead atoms. The van der Waals surface area contributed by atoms with Crippen LogP contribution in [0.5, 0.6) is 0 Å². The molecular formula is C22H21N3O2S. The highest BCUT2D eigenvalue weighted by Gasteiger charge is 2.32. The Morgan fingerprint density at radius 3 is 2.82 bits per heavy atom. The van der Waals surface area contributed by atoms with Gasteiger partial charge >= 0.3 is 0 Å². The van der Waals surface area contributed by atoms with Gasteiger partial charge in [0.1, 0.15) is 0 Å². The summed E-state index contributed by atoms with van der Waals surface area (Å²) in [5.41, 5.74) is 6.14. The maximum atomic E-state index is 12.9. The minimum atomic E-state index is -0.151. The molecule has 0 saturated heterocycles. The summed E-state index contributed by atoms with van der Waals surface area (Å²) in [6.07, 6.45) is 5.18. The number of hydrogen-bond acceptors (Lipinski definition) is 4. The molecule has 0 atom stereocenters.